The highest BCUT2D eigenvalue weighted by Crippen LogP contribution is 2.20. The molecule has 0 unspecified atom stereocenters. The number of likely N-dealkylation sites (tertiary alicyclic amines) is 1. The first-order valence-corrected chi connectivity index (χ1v) is 6.30. The van der Waals surface area contributed by atoms with Crippen LogP contribution in [-0.4, -0.2) is 28.9 Å². The van der Waals surface area contributed by atoms with Crippen LogP contribution in [0.15, 0.2) is 36.7 Å². The maximum Gasteiger partial charge on any atom is 0.256 e. The average molecular weight is 239 g/mol. The van der Waals surface area contributed by atoms with Gasteiger partial charge in [-0.2, -0.15) is 0 Å². The van der Waals surface area contributed by atoms with Crippen molar-refractivity contribution in [2.45, 2.75) is 12.8 Å². The van der Waals surface area contributed by atoms with E-state index in [1.54, 1.807) is 12.4 Å². The molecule has 2 heterocycles. The lowest BCUT2D eigenvalue weighted by molar-refractivity contribution is 0.0743. The molecule has 1 aromatic carbocycles. The minimum absolute atomic E-state index is 0.104. The molecule has 1 fully saturated rings. The number of fused-ring (bicyclic) bond motifs is 1. The second-order valence-electron chi connectivity index (χ2n) is 4.57. The number of benzene rings is 1. The second-order valence-corrected chi connectivity index (χ2v) is 4.57. The zero-order valence-electron chi connectivity index (χ0n) is 10.2. The van der Waals surface area contributed by atoms with Crippen LogP contribution in [0.1, 0.15) is 23.2 Å². The van der Waals surface area contributed by atoms with Gasteiger partial charge in [0.05, 0.1) is 5.56 Å². The SMILES string of the molecule is O=C(c1cncc2ccccc12)N1CC[CH]CC1. The van der Waals surface area contributed by atoms with Crippen LogP contribution in [0.5, 0.6) is 0 Å². The average Bonchev–Trinajstić information content (AvgIpc) is 2.47. The van der Waals surface area contributed by atoms with Gasteiger partial charge in [-0.25, -0.2) is 0 Å². The Kier molecular flexibility index (Phi) is 2.97. The smallest absolute Gasteiger partial charge is 0.256 e. The summed E-state index contributed by atoms with van der Waals surface area (Å²) in [5.74, 6) is 0.104. The number of hydrogen-bond donors (Lipinski definition) is 0. The highest BCUT2D eigenvalue weighted by molar-refractivity contribution is 6.06. The molecule has 1 aromatic heterocycles. The zero-order chi connectivity index (χ0) is 12.4. The Morgan fingerprint density at radius 2 is 1.89 bits per heavy atom. The van der Waals surface area contributed by atoms with Gasteiger partial charge in [0, 0.05) is 30.9 Å². The first kappa shape index (κ1) is 11.2. The molecule has 3 nitrogen and oxygen atoms in total. The van der Waals surface area contributed by atoms with Crippen LogP contribution < -0.4 is 0 Å². The predicted octanol–water partition coefficient (Wildman–Crippen LogP) is 2.68. The molecule has 1 aliphatic heterocycles. The Morgan fingerprint density at radius 1 is 1.11 bits per heavy atom. The van der Waals surface area contributed by atoms with Crippen LogP contribution in [0.25, 0.3) is 10.8 Å². The van der Waals surface area contributed by atoms with E-state index in [9.17, 15) is 4.79 Å². The molecule has 0 saturated carbocycles. The van der Waals surface area contributed by atoms with Crippen LogP contribution >= 0.6 is 0 Å². The summed E-state index contributed by atoms with van der Waals surface area (Å²) >= 11 is 0. The summed E-state index contributed by atoms with van der Waals surface area (Å²) in [6, 6.07) is 7.90. The highest BCUT2D eigenvalue weighted by atomic mass is 16.2. The van der Waals surface area contributed by atoms with E-state index in [1.165, 1.54) is 0 Å². The first-order chi connectivity index (χ1) is 8.86. The quantitative estimate of drug-likeness (QED) is 0.766. The van der Waals surface area contributed by atoms with Crippen molar-refractivity contribution in [3.8, 4) is 0 Å². The third-order valence-electron chi connectivity index (χ3n) is 3.39. The predicted molar refractivity (Wildman–Crippen MR) is 71.2 cm³/mol. The number of rotatable bonds is 1. The molecule has 3 heteroatoms. The number of carbonyl (C=O) groups is 1. The first-order valence-electron chi connectivity index (χ1n) is 6.30. The monoisotopic (exact) mass is 239 g/mol. The fraction of sp³-hybridized carbons (Fsp3) is 0.267. The third kappa shape index (κ3) is 1.96. The summed E-state index contributed by atoms with van der Waals surface area (Å²) in [5.41, 5.74) is 0.718. The number of hydrogen-bond acceptors (Lipinski definition) is 2. The van der Waals surface area contributed by atoms with Crippen molar-refractivity contribution >= 4 is 16.7 Å². The Balaban J connectivity index is 2.00. The van der Waals surface area contributed by atoms with E-state index in [2.05, 4.69) is 11.4 Å². The van der Waals surface area contributed by atoms with Crippen LogP contribution in [0.2, 0.25) is 0 Å². The van der Waals surface area contributed by atoms with Crippen LogP contribution in [-0.2, 0) is 0 Å². The summed E-state index contributed by atoms with van der Waals surface area (Å²) < 4.78 is 0. The van der Waals surface area contributed by atoms with E-state index in [4.69, 9.17) is 0 Å². The normalized spacial score (nSPS) is 15.9. The molecule has 1 aliphatic rings. The molecular weight excluding hydrogens is 224 g/mol. The van der Waals surface area contributed by atoms with Gasteiger partial charge >= 0.3 is 0 Å². The standard InChI is InChI=1S/C15H15N2O/c18-15(17-8-4-1-5-9-17)14-11-16-10-12-6-2-3-7-13(12)14/h1-3,6-7,10-11H,4-5,8-9H2. The van der Waals surface area contributed by atoms with Crippen molar-refractivity contribution in [2.75, 3.05) is 13.1 Å². The van der Waals surface area contributed by atoms with E-state index in [0.717, 1.165) is 42.3 Å². The van der Waals surface area contributed by atoms with E-state index in [1.807, 2.05) is 29.2 Å². The molecule has 0 atom stereocenters. The lowest BCUT2D eigenvalue weighted by Gasteiger charge is -2.26. The van der Waals surface area contributed by atoms with Gasteiger partial charge in [0.15, 0.2) is 0 Å². The largest absolute Gasteiger partial charge is 0.339 e. The molecule has 0 spiro atoms. The topological polar surface area (TPSA) is 33.2 Å². The van der Waals surface area contributed by atoms with Crippen LogP contribution in [0, 0.1) is 6.42 Å². The molecule has 91 valence electrons. The van der Waals surface area contributed by atoms with Crippen molar-refractivity contribution in [3.63, 3.8) is 0 Å². The van der Waals surface area contributed by atoms with Gasteiger partial charge in [-0.05, 0) is 24.6 Å². The number of amides is 1. The second kappa shape index (κ2) is 4.77. The Bertz CT molecular complexity index is 568. The summed E-state index contributed by atoms with van der Waals surface area (Å²) in [7, 11) is 0. The summed E-state index contributed by atoms with van der Waals surface area (Å²) in [4.78, 5) is 18.6. The van der Waals surface area contributed by atoms with Gasteiger partial charge in [0.25, 0.3) is 5.91 Å². The van der Waals surface area contributed by atoms with Crippen molar-refractivity contribution in [2.24, 2.45) is 0 Å². The minimum atomic E-state index is 0.104. The molecule has 0 aliphatic carbocycles. The van der Waals surface area contributed by atoms with Crippen molar-refractivity contribution in [1.29, 1.82) is 0 Å². The Hall–Kier alpha value is -1.90. The molecule has 1 radical (unpaired) electrons. The van der Waals surface area contributed by atoms with Gasteiger partial charge in [0.2, 0.25) is 0 Å². The van der Waals surface area contributed by atoms with Gasteiger partial charge in [-0.3, -0.25) is 9.78 Å². The molecule has 1 saturated heterocycles. The molecular formula is C15H15N2O. The molecule has 0 bridgehead atoms. The van der Waals surface area contributed by atoms with Crippen molar-refractivity contribution in [3.05, 3.63) is 48.6 Å². The molecule has 3 rings (SSSR count). The van der Waals surface area contributed by atoms with Gasteiger partial charge < -0.3 is 4.90 Å². The Labute approximate surface area is 106 Å². The molecule has 1 amide bonds. The summed E-state index contributed by atoms with van der Waals surface area (Å²) in [6.07, 6.45) is 7.71. The number of carbonyl (C=O) groups excluding carboxylic acids is 1. The van der Waals surface area contributed by atoms with E-state index < -0.39 is 0 Å². The molecule has 0 N–H and O–H groups in total. The zero-order valence-corrected chi connectivity index (χ0v) is 10.2. The lowest BCUT2D eigenvalue weighted by Crippen LogP contribution is -2.35. The minimum Gasteiger partial charge on any atom is -0.339 e. The number of piperidine rings is 1. The van der Waals surface area contributed by atoms with Gasteiger partial charge in [-0.1, -0.05) is 24.3 Å². The van der Waals surface area contributed by atoms with E-state index in [0.29, 0.717) is 0 Å². The van der Waals surface area contributed by atoms with Gasteiger partial charge in [-0.15, -0.1) is 0 Å². The maximum atomic E-state index is 12.5. The van der Waals surface area contributed by atoms with Crippen molar-refractivity contribution < 1.29 is 4.79 Å². The fourth-order valence-corrected chi connectivity index (χ4v) is 2.41. The van der Waals surface area contributed by atoms with Crippen molar-refractivity contribution in [1.82, 2.24) is 9.88 Å². The number of nitrogens with zero attached hydrogens (tertiary/aromatic N) is 2. The fourth-order valence-electron chi connectivity index (χ4n) is 2.41. The number of aromatic nitrogens is 1. The Morgan fingerprint density at radius 3 is 2.72 bits per heavy atom. The maximum absolute atomic E-state index is 12.5. The summed E-state index contributed by atoms with van der Waals surface area (Å²) in [5, 5.41) is 2.01. The molecule has 2 aromatic rings. The third-order valence-corrected chi connectivity index (χ3v) is 3.39. The number of pyridine rings is 1. The van der Waals surface area contributed by atoms with E-state index >= 15 is 0 Å². The molecule has 18 heavy (non-hydrogen) atoms. The van der Waals surface area contributed by atoms with E-state index in [-0.39, 0.29) is 5.91 Å². The highest BCUT2D eigenvalue weighted by Gasteiger charge is 2.20. The summed E-state index contributed by atoms with van der Waals surface area (Å²) in [6.45, 7) is 1.64. The van der Waals surface area contributed by atoms with Crippen LogP contribution in [0.4, 0.5) is 0 Å². The van der Waals surface area contributed by atoms with Gasteiger partial charge in [0.1, 0.15) is 0 Å². The lowest BCUT2D eigenvalue weighted by atomic mass is 10.1. The van der Waals surface area contributed by atoms with Crippen LogP contribution in [0.3, 0.4) is 0 Å².